The summed E-state index contributed by atoms with van der Waals surface area (Å²) >= 11 is 0. The fourth-order valence-corrected chi connectivity index (χ4v) is 2.62. The van der Waals surface area contributed by atoms with Crippen molar-refractivity contribution in [2.75, 3.05) is 32.7 Å². The first-order valence-corrected chi connectivity index (χ1v) is 7.66. The molecule has 1 saturated heterocycles. The number of halogens is 3. The zero-order valence-corrected chi connectivity index (χ0v) is 13.3. The molecule has 1 aliphatic rings. The molecule has 0 aromatic heterocycles. The number of piperazine rings is 1. The van der Waals surface area contributed by atoms with Crippen LogP contribution in [0.25, 0.3) is 0 Å². The summed E-state index contributed by atoms with van der Waals surface area (Å²) in [5, 5.41) is 5.46. The molecule has 1 aliphatic heterocycles. The topological polar surface area (TPSA) is 44.4 Å². The average molecular weight is 329 g/mol. The summed E-state index contributed by atoms with van der Waals surface area (Å²) in [6.45, 7) is 5.05. The molecule has 1 amide bonds. The predicted molar refractivity (Wildman–Crippen MR) is 82.5 cm³/mol. The van der Waals surface area contributed by atoms with Gasteiger partial charge in [0.05, 0.1) is 0 Å². The highest BCUT2D eigenvalue weighted by Gasteiger charge is 2.43. The maximum atomic E-state index is 13.3. The van der Waals surface area contributed by atoms with Gasteiger partial charge in [-0.3, -0.25) is 9.69 Å². The summed E-state index contributed by atoms with van der Waals surface area (Å²) in [6.07, 6.45) is -4.37. The number of nitrogens with one attached hydrogen (secondary N) is 2. The van der Waals surface area contributed by atoms with Crippen LogP contribution in [-0.4, -0.2) is 55.7 Å². The largest absolute Gasteiger partial charge is 0.405 e. The molecule has 1 aromatic rings. The van der Waals surface area contributed by atoms with Crippen molar-refractivity contribution in [3.63, 3.8) is 0 Å². The molecule has 0 spiro atoms. The molecule has 0 aliphatic carbocycles. The van der Waals surface area contributed by atoms with Gasteiger partial charge >= 0.3 is 6.18 Å². The maximum Gasteiger partial charge on any atom is 0.405 e. The fraction of sp³-hybridized carbons (Fsp3) is 0.562. The molecule has 2 N–H and O–H groups in total. The van der Waals surface area contributed by atoms with Gasteiger partial charge in [0.1, 0.15) is 6.04 Å². The Labute approximate surface area is 134 Å². The zero-order valence-electron chi connectivity index (χ0n) is 13.3. The number of carbonyl (C=O) groups is 1. The molecule has 4 nitrogen and oxygen atoms in total. The van der Waals surface area contributed by atoms with Crippen molar-refractivity contribution in [3.8, 4) is 0 Å². The molecule has 1 unspecified atom stereocenters. The monoisotopic (exact) mass is 329 g/mol. The second-order valence-corrected chi connectivity index (χ2v) is 5.85. The lowest BCUT2D eigenvalue weighted by Crippen LogP contribution is -2.57. The van der Waals surface area contributed by atoms with Crippen LogP contribution in [0.1, 0.15) is 21.5 Å². The zero-order chi connectivity index (χ0) is 17.0. The summed E-state index contributed by atoms with van der Waals surface area (Å²) < 4.78 is 39.8. The summed E-state index contributed by atoms with van der Waals surface area (Å²) in [5.41, 5.74) is 2.36. The van der Waals surface area contributed by atoms with Crippen molar-refractivity contribution in [1.29, 1.82) is 0 Å². The number of rotatable bonds is 4. The van der Waals surface area contributed by atoms with Crippen LogP contribution in [0.5, 0.6) is 0 Å². The number of amides is 1. The molecule has 1 aromatic carbocycles. The highest BCUT2D eigenvalue weighted by atomic mass is 19.4. The number of hydrogen-bond donors (Lipinski definition) is 2. The molecule has 0 bridgehead atoms. The molecule has 23 heavy (non-hydrogen) atoms. The molecule has 0 saturated carbocycles. The van der Waals surface area contributed by atoms with E-state index in [1.54, 1.807) is 18.2 Å². The van der Waals surface area contributed by atoms with Crippen molar-refractivity contribution in [2.45, 2.75) is 26.1 Å². The first kappa shape index (κ1) is 17.7. The van der Waals surface area contributed by atoms with Crippen LogP contribution in [0.15, 0.2) is 18.2 Å². The number of aryl methyl sites for hydroxylation is 2. The Kier molecular flexibility index (Phi) is 5.64. The Bertz CT molecular complexity index is 554. The van der Waals surface area contributed by atoms with Crippen molar-refractivity contribution >= 4 is 5.91 Å². The van der Waals surface area contributed by atoms with E-state index in [0.29, 0.717) is 31.7 Å². The van der Waals surface area contributed by atoms with Gasteiger partial charge in [0, 0.05) is 38.3 Å². The minimum Gasteiger partial charge on any atom is -0.350 e. The van der Waals surface area contributed by atoms with Gasteiger partial charge in [0.25, 0.3) is 5.91 Å². The third-order valence-electron chi connectivity index (χ3n) is 4.20. The van der Waals surface area contributed by atoms with Crippen molar-refractivity contribution < 1.29 is 18.0 Å². The van der Waals surface area contributed by atoms with Crippen molar-refractivity contribution in [2.24, 2.45) is 0 Å². The van der Waals surface area contributed by atoms with Gasteiger partial charge in [-0.1, -0.05) is 6.07 Å². The summed E-state index contributed by atoms with van der Waals surface area (Å²) in [7, 11) is 0. The Morgan fingerprint density at radius 1 is 1.26 bits per heavy atom. The molecule has 1 fully saturated rings. The molecule has 2 rings (SSSR count). The van der Waals surface area contributed by atoms with Crippen LogP contribution in [0.2, 0.25) is 0 Å². The minimum atomic E-state index is -4.37. The minimum absolute atomic E-state index is 0.323. The third kappa shape index (κ3) is 4.68. The van der Waals surface area contributed by atoms with Crippen molar-refractivity contribution in [1.82, 2.24) is 15.5 Å². The maximum absolute atomic E-state index is 13.3. The SMILES string of the molecule is Cc1ccc(C(=O)NCC(N2CCNCC2)C(F)(F)F)cc1C. The van der Waals surface area contributed by atoms with Gasteiger partial charge < -0.3 is 10.6 Å². The lowest BCUT2D eigenvalue weighted by Gasteiger charge is -2.35. The van der Waals surface area contributed by atoms with E-state index in [1.165, 1.54) is 4.90 Å². The quantitative estimate of drug-likeness (QED) is 0.886. The van der Waals surface area contributed by atoms with E-state index >= 15 is 0 Å². The summed E-state index contributed by atoms with van der Waals surface area (Å²) in [6, 6.07) is 3.46. The summed E-state index contributed by atoms with van der Waals surface area (Å²) in [5.74, 6) is -0.475. The summed E-state index contributed by atoms with van der Waals surface area (Å²) in [4.78, 5) is 13.5. The van der Waals surface area contributed by atoms with Gasteiger partial charge in [-0.2, -0.15) is 13.2 Å². The number of carbonyl (C=O) groups excluding carboxylic acids is 1. The lowest BCUT2D eigenvalue weighted by atomic mass is 10.1. The Balaban J connectivity index is 2.02. The second-order valence-electron chi connectivity index (χ2n) is 5.85. The van der Waals surface area contributed by atoms with E-state index < -0.39 is 24.7 Å². The number of benzene rings is 1. The van der Waals surface area contributed by atoms with Crippen LogP contribution in [0.4, 0.5) is 13.2 Å². The van der Waals surface area contributed by atoms with Crippen LogP contribution in [0.3, 0.4) is 0 Å². The first-order chi connectivity index (χ1) is 10.8. The molecular formula is C16H22F3N3O. The van der Waals surface area contributed by atoms with Gasteiger partial charge in [-0.15, -0.1) is 0 Å². The molecule has 7 heteroatoms. The van der Waals surface area contributed by atoms with E-state index in [2.05, 4.69) is 10.6 Å². The number of nitrogens with zero attached hydrogens (tertiary/aromatic N) is 1. The highest BCUT2D eigenvalue weighted by molar-refractivity contribution is 5.94. The molecule has 1 heterocycles. The third-order valence-corrected chi connectivity index (χ3v) is 4.20. The van der Waals surface area contributed by atoms with E-state index in [4.69, 9.17) is 0 Å². The van der Waals surface area contributed by atoms with Crippen LogP contribution in [-0.2, 0) is 0 Å². The molecule has 1 atom stereocenters. The number of alkyl halides is 3. The van der Waals surface area contributed by atoms with Gasteiger partial charge in [0.15, 0.2) is 0 Å². The highest BCUT2D eigenvalue weighted by Crippen LogP contribution is 2.25. The number of hydrogen-bond acceptors (Lipinski definition) is 3. The van der Waals surface area contributed by atoms with Crippen LogP contribution < -0.4 is 10.6 Å². The van der Waals surface area contributed by atoms with E-state index in [9.17, 15) is 18.0 Å². The van der Waals surface area contributed by atoms with Crippen molar-refractivity contribution in [3.05, 3.63) is 34.9 Å². The lowest BCUT2D eigenvalue weighted by molar-refractivity contribution is -0.183. The normalized spacial score (nSPS) is 17.8. The Hall–Kier alpha value is -1.60. The Morgan fingerprint density at radius 3 is 2.48 bits per heavy atom. The Morgan fingerprint density at radius 2 is 1.91 bits per heavy atom. The van der Waals surface area contributed by atoms with E-state index in [-0.39, 0.29) is 0 Å². The standard InChI is InChI=1S/C16H22F3N3O/c1-11-3-4-13(9-12(11)2)15(23)21-10-14(16(17,18)19)22-7-5-20-6-8-22/h3-4,9,14,20H,5-8,10H2,1-2H3,(H,21,23). The average Bonchev–Trinajstić information content (AvgIpc) is 2.49. The van der Waals surface area contributed by atoms with Gasteiger partial charge in [-0.25, -0.2) is 0 Å². The van der Waals surface area contributed by atoms with Gasteiger partial charge in [0.2, 0.25) is 0 Å². The molecule has 0 radical (unpaired) electrons. The second kappa shape index (κ2) is 7.31. The smallest absolute Gasteiger partial charge is 0.350 e. The van der Waals surface area contributed by atoms with Crippen LogP contribution in [0, 0.1) is 13.8 Å². The van der Waals surface area contributed by atoms with E-state index in [1.807, 2.05) is 13.8 Å². The van der Waals surface area contributed by atoms with Crippen LogP contribution >= 0.6 is 0 Å². The first-order valence-electron chi connectivity index (χ1n) is 7.66. The molecular weight excluding hydrogens is 307 g/mol. The van der Waals surface area contributed by atoms with Gasteiger partial charge in [-0.05, 0) is 37.1 Å². The van der Waals surface area contributed by atoms with E-state index in [0.717, 1.165) is 11.1 Å². The molecule has 128 valence electrons. The fourth-order valence-electron chi connectivity index (χ4n) is 2.62. The predicted octanol–water partition coefficient (Wildman–Crippen LogP) is 1.87.